The Morgan fingerprint density at radius 3 is 3.05 bits per heavy atom. The molecule has 0 saturated carbocycles. The summed E-state index contributed by atoms with van der Waals surface area (Å²) in [6.45, 7) is 4.87. The zero-order chi connectivity index (χ0) is 15.9. The van der Waals surface area contributed by atoms with Crippen molar-refractivity contribution in [2.45, 2.75) is 30.6 Å². The first-order chi connectivity index (χ1) is 10.6. The highest BCUT2D eigenvalue weighted by Gasteiger charge is 2.70. The first kappa shape index (κ1) is 15.2. The van der Waals surface area contributed by atoms with Crippen LogP contribution in [0.2, 0.25) is 0 Å². The largest absolute Gasteiger partial charge is 0.481 e. The molecule has 5 atom stereocenters. The minimum atomic E-state index is -0.967. The van der Waals surface area contributed by atoms with Crippen LogP contribution in [0.4, 0.5) is 0 Å². The summed E-state index contributed by atoms with van der Waals surface area (Å²) in [4.78, 5) is 26.2. The van der Waals surface area contributed by atoms with Crippen molar-refractivity contribution < 1.29 is 24.2 Å². The number of carbonyl (C=O) groups is 2. The van der Waals surface area contributed by atoms with Gasteiger partial charge in [0.1, 0.15) is 11.5 Å². The Hall–Kier alpha value is -1.66. The molecule has 3 rings (SSSR count). The highest BCUT2D eigenvalue weighted by Crippen LogP contribution is 2.55. The van der Waals surface area contributed by atoms with Gasteiger partial charge in [-0.1, -0.05) is 18.2 Å². The van der Waals surface area contributed by atoms with E-state index in [0.29, 0.717) is 26.0 Å². The third-order valence-electron chi connectivity index (χ3n) is 4.95. The molecule has 6 heteroatoms. The number of amides is 1. The molecule has 3 aliphatic rings. The highest BCUT2D eigenvalue weighted by molar-refractivity contribution is 5.91. The SMILES string of the molecule is C=CC[C@@H]1N(CCCOC)C(=O)[C@@H]2[C@@H](C(=O)O)[C@H]3C=C[C@]21O3. The molecular formula is C16H21NO5. The van der Waals surface area contributed by atoms with E-state index in [1.807, 2.05) is 6.08 Å². The topological polar surface area (TPSA) is 76.1 Å². The van der Waals surface area contributed by atoms with Crippen molar-refractivity contribution in [3.63, 3.8) is 0 Å². The average molecular weight is 307 g/mol. The molecule has 2 fully saturated rings. The first-order valence-corrected chi connectivity index (χ1v) is 7.57. The zero-order valence-electron chi connectivity index (χ0n) is 12.6. The second-order valence-electron chi connectivity index (χ2n) is 6.05. The van der Waals surface area contributed by atoms with Gasteiger partial charge in [-0.15, -0.1) is 6.58 Å². The molecule has 3 aliphatic heterocycles. The van der Waals surface area contributed by atoms with Gasteiger partial charge in [0, 0.05) is 20.3 Å². The van der Waals surface area contributed by atoms with E-state index in [1.54, 1.807) is 24.2 Å². The number of aliphatic carboxylic acids is 1. The number of carboxylic acids is 1. The number of ether oxygens (including phenoxy) is 2. The van der Waals surface area contributed by atoms with Crippen LogP contribution in [0.15, 0.2) is 24.8 Å². The predicted octanol–water partition coefficient (Wildman–Crippen LogP) is 0.834. The molecule has 1 spiro atoms. The summed E-state index contributed by atoms with van der Waals surface area (Å²) in [5, 5.41) is 9.49. The molecule has 1 amide bonds. The van der Waals surface area contributed by atoms with Crippen LogP contribution in [0.5, 0.6) is 0 Å². The maximum absolute atomic E-state index is 12.8. The Morgan fingerprint density at radius 2 is 2.41 bits per heavy atom. The fourth-order valence-electron chi connectivity index (χ4n) is 4.12. The van der Waals surface area contributed by atoms with E-state index >= 15 is 0 Å². The van der Waals surface area contributed by atoms with E-state index in [2.05, 4.69) is 6.58 Å². The van der Waals surface area contributed by atoms with Gasteiger partial charge < -0.3 is 19.5 Å². The second-order valence-corrected chi connectivity index (χ2v) is 6.05. The molecular weight excluding hydrogens is 286 g/mol. The van der Waals surface area contributed by atoms with Gasteiger partial charge in [0.2, 0.25) is 5.91 Å². The normalized spacial score (nSPS) is 38.6. The summed E-state index contributed by atoms with van der Waals surface area (Å²) in [7, 11) is 1.62. The molecule has 0 aliphatic carbocycles. The second kappa shape index (κ2) is 5.52. The van der Waals surface area contributed by atoms with Crippen LogP contribution in [0.1, 0.15) is 12.8 Å². The molecule has 0 aromatic rings. The summed E-state index contributed by atoms with van der Waals surface area (Å²) in [5.74, 6) is -2.52. The predicted molar refractivity (Wildman–Crippen MR) is 78.2 cm³/mol. The van der Waals surface area contributed by atoms with Gasteiger partial charge in [0.15, 0.2) is 0 Å². The lowest BCUT2D eigenvalue weighted by Crippen LogP contribution is -2.45. The fraction of sp³-hybridized carbons (Fsp3) is 0.625. The van der Waals surface area contributed by atoms with Crippen molar-refractivity contribution in [1.29, 1.82) is 0 Å². The van der Waals surface area contributed by atoms with E-state index < -0.39 is 29.5 Å². The van der Waals surface area contributed by atoms with E-state index in [-0.39, 0.29) is 11.9 Å². The lowest BCUT2D eigenvalue weighted by molar-refractivity contribution is -0.148. The fourth-order valence-corrected chi connectivity index (χ4v) is 4.12. The lowest BCUT2D eigenvalue weighted by Gasteiger charge is -2.32. The van der Waals surface area contributed by atoms with Crippen molar-refractivity contribution in [2.24, 2.45) is 11.8 Å². The van der Waals surface area contributed by atoms with Gasteiger partial charge >= 0.3 is 5.97 Å². The number of hydrogen-bond acceptors (Lipinski definition) is 4. The molecule has 22 heavy (non-hydrogen) atoms. The van der Waals surface area contributed by atoms with Crippen molar-refractivity contribution in [2.75, 3.05) is 20.3 Å². The zero-order valence-corrected chi connectivity index (χ0v) is 12.6. The van der Waals surface area contributed by atoms with E-state index in [9.17, 15) is 14.7 Å². The Kier molecular flexibility index (Phi) is 3.82. The molecule has 1 N–H and O–H groups in total. The Morgan fingerprint density at radius 1 is 1.64 bits per heavy atom. The molecule has 0 aromatic heterocycles. The van der Waals surface area contributed by atoms with Gasteiger partial charge in [-0.05, 0) is 12.8 Å². The molecule has 120 valence electrons. The summed E-state index contributed by atoms with van der Waals surface area (Å²) >= 11 is 0. The monoisotopic (exact) mass is 307 g/mol. The molecule has 0 unspecified atom stereocenters. The van der Waals surface area contributed by atoms with Crippen LogP contribution in [0.25, 0.3) is 0 Å². The standard InChI is InChI=1S/C16H21NO5/c1-3-5-11-16-7-6-10(22-16)12(15(19)20)13(16)14(18)17(11)8-4-9-21-2/h3,6-7,10-13H,1,4-5,8-9H2,2H3,(H,19,20)/t10-,11+,12+,13+,16-/m1/s1. The number of hydrogen-bond donors (Lipinski definition) is 1. The van der Waals surface area contributed by atoms with Crippen LogP contribution in [0, 0.1) is 11.8 Å². The first-order valence-electron chi connectivity index (χ1n) is 7.57. The summed E-state index contributed by atoms with van der Waals surface area (Å²) in [6.07, 6.45) is 6.24. The third-order valence-corrected chi connectivity index (χ3v) is 4.95. The summed E-state index contributed by atoms with van der Waals surface area (Å²) in [6, 6.07) is -0.190. The molecule has 3 heterocycles. The number of nitrogens with zero attached hydrogens (tertiary/aromatic N) is 1. The quantitative estimate of drug-likeness (QED) is 0.557. The number of methoxy groups -OCH3 is 1. The number of likely N-dealkylation sites (tertiary alicyclic amines) is 1. The van der Waals surface area contributed by atoms with Gasteiger partial charge in [0.25, 0.3) is 0 Å². The molecule has 6 nitrogen and oxygen atoms in total. The molecule has 2 bridgehead atoms. The van der Waals surface area contributed by atoms with E-state index in [1.165, 1.54) is 0 Å². The Balaban J connectivity index is 1.92. The van der Waals surface area contributed by atoms with Crippen LogP contribution in [-0.4, -0.2) is 59.9 Å². The van der Waals surface area contributed by atoms with Gasteiger partial charge in [-0.2, -0.15) is 0 Å². The Bertz CT molecular complexity index is 531. The highest BCUT2D eigenvalue weighted by atomic mass is 16.5. The molecule has 0 aromatic carbocycles. The lowest BCUT2D eigenvalue weighted by atomic mass is 9.74. The Labute approximate surface area is 129 Å². The average Bonchev–Trinajstić information content (AvgIpc) is 3.11. The maximum atomic E-state index is 12.8. The van der Waals surface area contributed by atoms with Crippen LogP contribution in [0.3, 0.4) is 0 Å². The molecule has 0 radical (unpaired) electrons. The van der Waals surface area contributed by atoms with Gasteiger partial charge in [-0.3, -0.25) is 9.59 Å². The van der Waals surface area contributed by atoms with Crippen molar-refractivity contribution in [3.8, 4) is 0 Å². The molecule has 2 saturated heterocycles. The number of fused-ring (bicyclic) bond motifs is 1. The summed E-state index contributed by atoms with van der Waals surface area (Å²) in [5.41, 5.74) is -0.813. The smallest absolute Gasteiger partial charge is 0.310 e. The van der Waals surface area contributed by atoms with Gasteiger partial charge in [-0.25, -0.2) is 0 Å². The van der Waals surface area contributed by atoms with Crippen LogP contribution in [-0.2, 0) is 19.1 Å². The van der Waals surface area contributed by atoms with E-state index in [0.717, 1.165) is 0 Å². The van der Waals surface area contributed by atoms with Crippen molar-refractivity contribution >= 4 is 11.9 Å². The van der Waals surface area contributed by atoms with Gasteiger partial charge in [0.05, 0.1) is 18.1 Å². The third kappa shape index (κ3) is 1.94. The minimum Gasteiger partial charge on any atom is -0.481 e. The van der Waals surface area contributed by atoms with Crippen LogP contribution < -0.4 is 0 Å². The number of rotatable bonds is 7. The van der Waals surface area contributed by atoms with E-state index in [4.69, 9.17) is 9.47 Å². The summed E-state index contributed by atoms with van der Waals surface area (Å²) < 4.78 is 11.0. The maximum Gasteiger partial charge on any atom is 0.310 e. The number of carbonyl (C=O) groups excluding carboxylic acids is 1. The van der Waals surface area contributed by atoms with Crippen molar-refractivity contribution in [3.05, 3.63) is 24.8 Å². The van der Waals surface area contributed by atoms with Crippen molar-refractivity contribution in [1.82, 2.24) is 4.90 Å². The van der Waals surface area contributed by atoms with Crippen LogP contribution >= 0.6 is 0 Å². The number of carboxylic acid groups (broad SMARTS) is 1. The minimum absolute atomic E-state index is 0.123.